The summed E-state index contributed by atoms with van der Waals surface area (Å²) in [7, 11) is -3.63. The summed E-state index contributed by atoms with van der Waals surface area (Å²) >= 11 is 3.53. The van der Waals surface area contributed by atoms with Gasteiger partial charge in [0.2, 0.25) is 10.0 Å². The van der Waals surface area contributed by atoms with E-state index >= 15 is 0 Å². The highest BCUT2D eigenvalue weighted by molar-refractivity contribution is 9.10. The lowest BCUT2D eigenvalue weighted by Gasteiger charge is -2.21. The minimum absolute atomic E-state index is 0.105. The monoisotopic (exact) mass is 445 g/mol. The molecule has 0 radical (unpaired) electrons. The Balaban J connectivity index is 1.83. The zero-order valence-corrected chi connectivity index (χ0v) is 17.2. The van der Waals surface area contributed by atoms with Crippen LogP contribution in [-0.2, 0) is 10.0 Å². The van der Waals surface area contributed by atoms with E-state index in [0.29, 0.717) is 5.75 Å². The van der Waals surface area contributed by atoms with Gasteiger partial charge in [0.25, 0.3) is 0 Å². The van der Waals surface area contributed by atoms with Gasteiger partial charge in [0.15, 0.2) is 0 Å². The Kier molecular flexibility index (Phi) is 6.31. The van der Waals surface area contributed by atoms with Crippen molar-refractivity contribution in [1.82, 2.24) is 4.72 Å². The van der Waals surface area contributed by atoms with Crippen LogP contribution in [0.25, 0.3) is 0 Å². The molecule has 0 aromatic heterocycles. The van der Waals surface area contributed by atoms with E-state index in [9.17, 15) is 8.42 Å². The molecule has 0 aliphatic rings. The van der Waals surface area contributed by atoms with Crippen LogP contribution in [0, 0.1) is 6.92 Å². The molecule has 0 amide bonds. The molecular weight excluding hydrogens is 426 g/mol. The second kappa shape index (κ2) is 8.69. The molecule has 3 rings (SSSR count). The third kappa shape index (κ3) is 5.19. The first-order chi connectivity index (χ1) is 13.0. The second-order valence-electron chi connectivity index (χ2n) is 6.11. The first-order valence-corrected chi connectivity index (χ1v) is 10.8. The average Bonchev–Trinajstić information content (AvgIpc) is 2.67. The summed E-state index contributed by atoms with van der Waals surface area (Å²) in [6.45, 7) is 2.02. The molecule has 0 spiro atoms. The number of ether oxygens (including phenoxy) is 1. The average molecular weight is 446 g/mol. The highest BCUT2D eigenvalue weighted by atomic mass is 79.9. The standard InChI is InChI=1S/C21H20BrNO3S/c1-16-11-13-18(14-12-16)27(24,25)23-15-21(19-9-5-6-10-20(19)22)26-17-7-3-2-4-8-17/h2-14,21,23H,15H2,1H3. The van der Waals surface area contributed by atoms with Crippen molar-refractivity contribution in [2.75, 3.05) is 6.54 Å². The number of aryl methyl sites for hydroxylation is 1. The maximum absolute atomic E-state index is 12.6. The van der Waals surface area contributed by atoms with Gasteiger partial charge in [0, 0.05) is 10.0 Å². The van der Waals surface area contributed by atoms with Crippen molar-refractivity contribution in [3.8, 4) is 5.75 Å². The van der Waals surface area contributed by atoms with Gasteiger partial charge in [-0.1, -0.05) is 70.0 Å². The van der Waals surface area contributed by atoms with Gasteiger partial charge < -0.3 is 4.74 Å². The van der Waals surface area contributed by atoms with Crippen LogP contribution in [0.2, 0.25) is 0 Å². The fourth-order valence-electron chi connectivity index (χ4n) is 2.60. The molecule has 27 heavy (non-hydrogen) atoms. The van der Waals surface area contributed by atoms with Crippen LogP contribution in [0.3, 0.4) is 0 Å². The molecule has 4 nitrogen and oxygen atoms in total. The number of hydrogen-bond acceptors (Lipinski definition) is 3. The van der Waals surface area contributed by atoms with E-state index in [-0.39, 0.29) is 11.4 Å². The lowest BCUT2D eigenvalue weighted by molar-refractivity contribution is 0.208. The van der Waals surface area contributed by atoms with Gasteiger partial charge in [-0.05, 0) is 37.3 Å². The summed E-state index contributed by atoms with van der Waals surface area (Å²) in [5.41, 5.74) is 1.88. The molecule has 0 aliphatic carbocycles. The first-order valence-electron chi connectivity index (χ1n) is 8.48. The van der Waals surface area contributed by atoms with E-state index in [1.165, 1.54) is 0 Å². The van der Waals surface area contributed by atoms with E-state index in [2.05, 4.69) is 20.7 Å². The quantitative estimate of drug-likeness (QED) is 0.564. The topological polar surface area (TPSA) is 55.4 Å². The second-order valence-corrected chi connectivity index (χ2v) is 8.73. The molecule has 0 fully saturated rings. The minimum Gasteiger partial charge on any atom is -0.484 e. The molecule has 0 saturated heterocycles. The van der Waals surface area contributed by atoms with Crippen molar-refractivity contribution in [2.45, 2.75) is 17.9 Å². The molecule has 3 aromatic carbocycles. The molecular formula is C21H20BrNO3S. The van der Waals surface area contributed by atoms with Crippen LogP contribution in [0.1, 0.15) is 17.2 Å². The van der Waals surface area contributed by atoms with Gasteiger partial charge in [0.05, 0.1) is 11.4 Å². The van der Waals surface area contributed by atoms with E-state index in [1.807, 2.05) is 61.5 Å². The number of sulfonamides is 1. The van der Waals surface area contributed by atoms with Crippen molar-refractivity contribution >= 4 is 26.0 Å². The Hall–Kier alpha value is -2.15. The molecule has 0 saturated carbocycles. The van der Waals surface area contributed by atoms with Crippen LogP contribution in [0.4, 0.5) is 0 Å². The highest BCUT2D eigenvalue weighted by Gasteiger charge is 2.21. The summed E-state index contributed by atoms with van der Waals surface area (Å²) in [5.74, 6) is 0.674. The van der Waals surface area contributed by atoms with Gasteiger partial charge in [0.1, 0.15) is 11.9 Å². The van der Waals surface area contributed by atoms with Crippen molar-refractivity contribution in [3.63, 3.8) is 0 Å². The van der Waals surface area contributed by atoms with Gasteiger partial charge in [-0.3, -0.25) is 0 Å². The van der Waals surface area contributed by atoms with Gasteiger partial charge >= 0.3 is 0 Å². The maximum atomic E-state index is 12.6. The smallest absolute Gasteiger partial charge is 0.240 e. The summed E-state index contributed by atoms with van der Waals surface area (Å²) < 4.78 is 34.9. The lowest BCUT2D eigenvalue weighted by atomic mass is 10.1. The van der Waals surface area contributed by atoms with Crippen molar-refractivity contribution in [3.05, 3.63) is 94.5 Å². The largest absolute Gasteiger partial charge is 0.484 e. The molecule has 140 valence electrons. The van der Waals surface area contributed by atoms with Crippen LogP contribution in [0.5, 0.6) is 5.75 Å². The normalized spacial score (nSPS) is 12.5. The lowest BCUT2D eigenvalue weighted by Crippen LogP contribution is -2.31. The molecule has 0 heterocycles. The third-order valence-electron chi connectivity index (χ3n) is 4.06. The molecule has 3 aromatic rings. The number of nitrogens with one attached hydrogen (secondary N) is 1. The number of para-hydroxylation sites is 1. The zero-order chi connectivity index (χ0) is 19.3. The number of benzene rings is 3. The Morgan fingerprint density at radius 3 is 2.22 bits per heavy atom. The summed E-state index contributed by atoms with van der Waals surface area (Å²) in [5, 5.41) is 0. The van der Waals surface area contributed by atoms with Crippen LogP contribution in [0.15, 0.2) is 88.2 Å². The van der Waals surface area contributed by atoms with Crippen LogP contribution >= 0.6 is 15.9 Å². The molecule has 1 atom stereocenters. The Labute approximate surface area is 168 Å². The number of halogens is 1. The highest BCUT2D eigenvalue weighted by Crippen LogP contribution is 2.28. The Morgan fingerprint density at radius 2 is 1.56 bits per heavy atom. The molecule has 0 bridgehead atoms. The maximum Gasteiger partial charge on any atom is 0.240 e. The molecule has 1 N–H and O–H groups in total. The number of hydrogen-bond donors (Lipinski definition) is 1. The van der Waals surface area contributed by atoms with Gasteiger partial charge in [-0.25, -0.2) is 13.1 Å². The molecule has 0 aliphatic heterocycles. The number of rotatable bonds is 7. The fourth-order valence-corrected chi connectivity index (χ4v) is 4.17. The SMILES string of the molecule is Cc1ccc(S(=O)(=O)NCC(Oc2ccccc2)c2ccccc2Br)cc1. The van der Waals surface area contributed by atoms with E-state index in [1.54, 1.807) is 24.3 Å². The Morgan fingerprint density at radius 1 is 0.926 bits per heavy atom. The molecule has 1 unspecified atom stereocenters. The third-order valence-corrected chi connectivity index (χ3v) is 6.23. The van der Waals surface area contributed by atoms with Crippen LogP contribution in [-0.4, -0.2) is 15.0 Å². The Bertz CT molecular complexity index is 989. The van der Waals surface area contributed by atoms with Crippen molar-refractivity contribution in [1.29, 1.82) is 0 Å². The van der Waals surface area contributed by atoms with E-state index < -0.39 is 16.1 Å². The van der Waals surface area contributed by atoms with Crippen molar-refractivity contribution < 1.29 is 13.2 Å². The van der Waals surface area contributed by atoms with Crippen LogP contribution < -0.4 is 9.46 Å². The predicted octanol–water partition coefficient (Wildman–Crippen LogP) is 4.86. The van der Waals surface area contributed by atoms with Gasteiger partial charge in [-0.15, -0.1) is 0 Å². The summed E-state index contributed by atoms with van der Waals surface area (Å²) in [4.78, 5) is 0.235. The first kappa shape index (κ1) is 19.6. The van der Waals surface area contributed by atoms with Gasteiger partial charge in [-0.2, -0.15) is 0 Å². The predicted molar refractivity (Wildman–Crippen MR) is 110 cm³/mol. The summed E-state index contributed by atoms with van der Waals surface area (Å²) in [6.07, 6.45) is -0.483. The molecule has 6 heteroatoms. The van der Waals surface area contributed by atoms with E-state index in [0.717, 1.165) is 15.6 Å². The summed E-state index contributed by atoms with van der Waals surface area (Å²) in [6, 6.07) is 23.7. The fraction of sp³-hybridized carbons (Fsp3) is 0.143. The minimum atomic E-state index is -3.63. The zero-order valence-electron chi connectivity index (χ0n) is 14.8. The van der Waals surface area contributed by atoms with E-state index in [4.69, 9.17) is 4.74 Å². The van der Waals surface area contributed by atoms with Crippen molar-refractivity contribution in [2.24, 2.45) is 0 Å².